The molecule has 0 atom stereocenters. The number of rotatable bonds is 3. The highest BCUT2D eigenvalue weighted by Gasteiger charge is 2.35. The molecule has 0 saturated heterocycles. The number of amides is 1. The summed E-state index contributed by atoms with van der Waals surface area (Å²) in [7, 11) is 0. The molecule has 0 aliphatic heterocycles. The van der Waals surface area contributed by atoms with Crippen LogP contribution in [0, 0.1) is 28.4 Å². The average Bonchev–Trinajstić information content (AvgIpc) is 2.87. The Balaban J connectivity index is 2.22. The lowest BCUT2D eigenvalue weighted by Gasteiger charge is -2.22. The van der Waals surface area contributed by atoms with Crippen molar-refractivity contribution in [1.29, 1.82) is 5.26 Å². The van der Waals surface area contributed by atoms with Crippen LogP contribution in [0.5, 0.6) is 0 Å². The molecule has 0 aromatic heterocycles. The largest absolute Gasteiger partial charge is 0.334 e. The van der Waals surface area contributed by atoms with Gasteiger partial charge in [-0.1, -0.05) is 0 Å². The van der Waals surface area contributed by atoms with Gasteiger partial charge in [0.2, 0.25) is 0 Å². The molecular weight excluding hydrogens is 258 g/mol. The zero-order valence-electron chi connectivity index (χ0n) is 11.2. The first-order chi connectivity index (χ1) is 9.47. The number of carbonyl (C=O) groups excluding carboxylic acids is 1. The van der Waals surface area contributed by atoms with Crippen molar-refractivity contribution in [2.24, 2.45) is 0 Å². The molecule has 0 heterocycles. The van der Waals surface area contributed by atoms with Gasteiger partial charge in [-0.15, -0.1) is 0 Å². The van der Waals surface area contributed by atoms with Crippen LogP contribution in [0.15, 0.2) is 18.2 Å². The molecule has 2 rings (SSSR count). The lowest BCUT2D eigenvalue weighted by molar-refractivity contribution is -0.384. The molecule has 1 amide bonds. The number of hydrogen-bond acceptors (Lipinski definition) is 4. The quantitative estimate of drug-likeness (QED) is 0.675. The zero-order chi connectivity index (χ0) is 14.8. The predicted octanol–water partition coefficient (Wildman–Crippen LogP) is 2.47. The third kappa shape index (κ3) is 2.62. The van der Waals surface area contributed by atoms with E-state index in [1.807, 2.05) is 0 Å². The maximum Gasteiger partial charge on any atom is 0.269 e. The summed E-state index contributed by atoms with van der Waals surface area (Å²) in [6.07, 6.45) is 3.16. The number of carbonyl (C=O) groups is 1. The van der Waals surface area contributed by atoms with E-state index < -0.39 is 10.5 Å². The van der Waals surface area contributed by atoms with Gasteiger partial charge < -0.3 is 5.32 Å². The van der Waals surface area contributed by atoms with E-state index in [4.69, 9.17) is 0 Å². The third-order valence-electron chi connectivity index (χ3n) is 3.69. The maximum absolute atomic E-state index is 12.2. The molecule has 0 unspecified atom stereocenters. The second-order valence-electron chi connectivity index (χ2n) is 5.11. The fraction of sp³-hybridized carbons (Fsp3) is 0.429. The Bertz CT molecular complexity index is 598. The van der Waals surface area contributed by atoms with Crippen molar-refractivity contribution in [2.45, 2.75) is 38.1 Å². The minimum atomic E-state index is -0.786. The van der Waals surface area contributed by atoms with Crippen LogP contribution >= 0.6 is 0 Å². The highest BCUT2D eigenvalue weighted by atomic mass is 16.6. The number of hydrogen-bond donors (Lipinski definition) is 1. The van der Waals surface area contributed by atoms with Crippen molar-refractivity contribution in [3.63, 3.8) is 0 Å². The Hall–Kier alpha value is -2.42. The predicted molar refractivity (Wildman–Crippen MR) is 72.1 cm³/mol. The summed E-state index contributed by atoms with van der Waals surface area (Å²) < 4.78 is 0. The van der Waals surface area contributed by atoms with Crippen molar-refractivity contribution in [2.75, 3.05) is 0 Å². The van der Waals surface area contributed by atoms with Gasteiger partial charge in [-0.2, -0.15) is 5.26 Å². The summed E-state index contributed by atoms with van der Waals surface area (Å²) in [5, 5.41) is 22.7. The number of benzene rings is 1. The third-order valence-corrected chi connectivity index (χ3v) is 3.69. The first kappa shape index (κ1) is 14.0. The van der Waals surface area contributed by atoms with Gasteiger partial charge in [0.1, 0.15) is 5.54 Å². The van der Waals surface area contributed by atoms with Crippen molar-refractivity contribution in [3.8, 4) is 6.07 Å². The lowest BCUT2D eigenvalue weighted by atomic mass is 9.98. The monoisotopic (exact) mass is 273 g/mol. The molecule has 20 heavy (non-hydrogen) atoms. The molecule has 1 aliphatic carbocycles. The van der Waals surface area contributed by atoms with Crippen molar-refractivity contribution in [3.05, 3.63) is 39.4 Å². The number of nitrogens with zero attached hydrogens (tertiary/aromatic N) is 2. The second-order valence-corrected chi connectivity index (χ2v) is 5.11. The van der Waals surface area contributed by atoms with Gasteiger partial charge in [0.15, 0.2) is 0 Å². The van der Waals surface area contributed by atoms with E-state index in [1.165, 1.54) is 18.2 Å². The molecule has 1 saturated carbocycles. The Labute approximate surface area is 116 Å². The average molecular weight is 273 g/mol. The Morgan fingerprint density at radius 3 is 2.60 bits per heavy atom. The molecule has 6 nitrogen and oxygen atoms in total. The summed E-state index contributed by atoms with van der Waals surface area (Å²) in [6, 6.07) is 6.29. The Morgan fingerprint density at radius 2 is 2.10 bits per heavy atom. The van der Waals surface area contributed by atoms with Crippen LogP contribution in [0.4, 0.5) is 5.69 Å². The van der Waals surface area contributed by atoms with E-state index in [0.29, 0.717) is 24.0 Å². The number of aryl methyl sites for hydroxylation is 1. The number of nitriles is 1. The molecule has 1 aliphatic rings. The van der Waals surface area contributed by atoms with E-state index in [1.54, 1.807) is 6.92 Å². The Kier molecular flexibility index (Phi) is 3.70. The highest BCUT2D eigenvalue weighted by molar-refractivity contribution is 5.96. The summed E-state index contributed by atoms with van der Waals surface area (Å²) in [6.45, 7) is 1.65. The maximum atomic E-state index is 12.2. The number of nitrogens with one attached hydrogen (secondary N) is 1. The van der Waals surface area contributed by atoms with E-state index in [9.17, 15) is 20.2 Å². The van der Waals surface area contributed by atoms with Crippen LogP contribution in [-0.2, 0) is 0 Å². The summed E-state index contributed by atoms with van der Waals surface area (Å²) in [4.78, 5) is 22.4. The molecule has 0 spiro atoms. The number of nitro benzene ring substituents is 1. The minimum Gasteiger partial charge on any atom is -0.334 e. The van der Waals surface area contributed by atoms with Crippen LogP contribution < -0.4 is 5.32 Å². The molecule has 0 bridgehead atoms. The second kappa shape index (κ2) is 5.29. The molecule has 104 valence electrons. The molecular formula is C14H15N3O3. The van der Waals surface area contributed by atoms with Gasteiger partial charge in [0, 0.05) is 17.7 Å². The normalized spacial score (nSPS) is 16.4. The fourth-order valence-electron chi connectivity index (χ4n) is 2.54. The zero-order valence-corrected chi connectivity index (χ0v) is 11.2. The van der Waals surface area contributed by atoms with Crippen LogP contribution in [-0.4, -0.2) is 16.4 Å². The van der Waals surface area contributed by atoms with Crippen molar-refractivity contribution >= 4 is 11.6 Å². The highest BCUT2D eigenvalue weighted by Crippen LogP contribution is 2.29. The van der Waals surface area contributed by atoms with Crippen LogP contribution in [0.3, 0.4) is 0 Å². The summed E-state index contributed by atoms with van der Waals surface area (Å²) in [5.74, 6) is -0.346. The SMILES string of the molecule is Cc1cc([N+](=O)[O-])ccc1C(=O)NC1(C#N)CCCC1. The standard InChI is InChI=1S/C14H15N3O3/c1-10-8-11(17(19)20)4-5-12(10)13(18)16-14(9-15)6-2-3-7-14/h4-5,8H,2-3,6-7H2,1H3,(H,16,18). The molecule has 1 N–H and O–H groups in total. The lowest BCUT2D eigenvalue weighted by Crippen LogP contribution is -2.45. The topological polar surface area (TPSA) is 96.0 Å². The molecule has 1 fully saturated rings. The van der Waals surface area contributed by atoms with E-state index in [-0.39, 0.29) is 11.6 Å². The number of non-ortho nitro benzene ring substituents is 1. The molecule has 0 radical (unpaired) electrons. The van der Waals surface area contributed by atoms with Gasteiger partial charge >= 0.3 is 0 Å². The van der Waals surface area contributed by atoms with Gasteiger partial charge in [-0.3, -0.25) is 14.9 Å². The van der Waals surface area contributed by atoms with Crippen LogP contribution in [0.1, 0.15) is 41.6 Å². The van der Waals surface area contributed by atoms with Crippen molar-refractivity contribution < 1.29 is 9.72 Å². The van der Waals surface area contributed by atoms with Gasteiger partial charge in [-0.05, 0) is 44.2 Å². The first-order valence-corrected chi connectivity index (χ1v) is 6.46. The summed E-state index contributed by atoms with van der Waals surface area (Å²) >= 11 is 0. The molecule has 1 aromatic rings. The Morgan fingerprint density at radius 1 is 1.45 bits per heavy atom. The smallest absolute Gasteiger partial charge is 0.269 e. The summed E-state index contributed by atoms with van der Waals surface area (Å²) in [5.41, 5.74) is 0.0699. The van der Waals surface area contributed by atoms with E-state index in [2.05, 4.69) is 11.4 Å². The van der Waals surface area contributed by atoms with Crippen LogP contribution in [0.25, 0.3) is 0 Å². The van der Waals surface area contributed by atoms with E-state index >= 15 is 0 Å². The first-order valence-electron chi connectivity index (χ1n) is 6.46. The van der Waals surface area contributed by atoms with Gasteiger partial charge in [0.05, 0.1) is 11.0 Å². The fourth-order valence-corrected chi connectivity index (χ4v) is 2.54. The van der Waals surface area contributed by atoms with E-state index in [0.717, 1.165) is 12.8 Å². The van der Waals surface area contributed by atoms with Gasteiger partial charge in [-0.25, -0.2) is 0 Å². The van der Waals surface area contributed by atoms with Gasteiger partial charge in [0.25, 0.3) is 11.6 Å². The molecule has 6 heteroatoms. The molecule has 1 aromatic carbocycles. The number of nitro groups is 1. The minimum absolute atomic E-state index is 0.0464. The van der Waals surface area contributed by atoms with Crippen LogP contribution in [0.2, 0.25) is 0 Å². The van der Waals surface area contributed by atoms with Crippen molar-refractivity contribution in [1.82, 2.24) is 5.32 Å².